The summed E-state index contributed by atoms with van der Waals surface area (Å²) in [5.74, 6) is 1.28. The fourth-order valence-electron chi connectivity index (χ4n) is 3.30. The Hall–Kier alpha value is -3.62. The minimum atomic E-state index is -0.250. The van der Waals surface area contributed by atoms with Crippen molar-refractivity contribution in [1.82, 2.24) is 20.2 Å². The Bertz CT molecular complexity index is 1350. The smallest absolute Gasteiger partial charge is 0.250 e. The van der Waals surface area contributed by atoms with Crippen LogP contribution in [0.1, 0.15) is 18.1 Å². The number of nitrogens with one attached hydrogen (secondary N) is 1. The first kappa shape index (κ1) is 24.5. The summed E-state index contributed by atoms with van der Waals surface area (Å²) in [5, 5.41) is 14.2. The summed E-state index contributed by atoms with van der Waals surface area (Å²) in [6, 6.07) is 23.0. The number of carbonyl (C=O) groups is 1. The molecule has 0 saturated heterocycles. The topological polar surface area (TPSA) is 81.4 Å². The number of hydrogen-bond donors (Lipinski definition) is 1. The highest BCUT2D eigenvalue weighted by atomic mass is 35.5. The van der Waals surface area contributed by atoms with E-state index >= 15 is 0 Å². The number of amides is 1. The van der Waals surface area contributed by atoms with E-state index in [4.69, 9.17) is 16.3 Å². The molecule has 0 radical (unpaired) electrons. The summed E-state index contributed by atoms with van der Waals surface area (Å²) in [6.07, 6.45) is 0. The Morgan fingerprint density at radius 1 is 1.09 bits per heavy atom. The molecule has 0 atom stereocenters. The molecule has 3 aromatic carbocycles. The Balaban J connectivity index is 1.52. The molecule has 0 spiro atoms. The second-order valence-electron chi connectivity index (χ2n) is 7.74. The van der Waals surface area contributed by atoms with Gasteiger partial charge in [0.2, 0.25) is 0 Å². The second-order valence-corrected chi connectivity index (χ2v) is 9.12. The van der Waals surface area contributed by atoms with Gasteiger partial charge in [-0.15, -0.1) is 10.2 Å². The molecule has 4 aromatic rings. The van der Waals surface area contributed by atoms with E-state index < -0.39 is 0 Å². The van der Waals surface area contributed by atoms with Crippen LogP contribution in [0.4, 0.5) is 0 Å². The van der Waals surface area contributed by atoms with Crippen LogP contribution in [0.15, 0.2) is 83.1 Å². The quantitative estimate of drug-likeness (QED) is 0.193. The second kappa shape index (κ2) is 11.2. The van der Waals surface area contributed by atoms with Gasteiger partial charge in [0, 0.05) is 21.8 Å². The summed E-state index contributed by atoms with van der Waals surface area (Å²) in [7, 11) is 1.61. The van der Waals surface area contributed by atoms with Crippen molar-refractivity contribution in [3.8, 4) is 22.8 Å². The normalized spacial score (nSPS) is 11.4. The number of ether oxygens (including phenoxy) is 1. The van der Waals surface area contributed by atoms with Crippen molar-refractivity contribution < 1.29 is 9.53 Å². The molecule has 1 heterocycles. The van der Waals surface area contributed by atoms with Gasteiger partial charge in [0.1, 0.15) is 5.75 Å². The largest absolute Gasteiger partial charge is 0.497 e. The molecule has 1 N–H and O–H groups in total. The van der Waals surface area contributed by atoms with E-state index in [0.29, 0.717) is 21.7 Å². The van der Waals surface area contributed by atoms with Crippen LogP contribution in [-0.4, -0.2) is 39.2 Å². The lowest BCUT2D eigenvalue weighted by Crippen LogP contribution is -2.21. The predicted octanol–water partition coefficient (Wildman–Crippen LogP) is 5.54. The van der Waals surface area contributed by atoms with Crippen molar-refractivity contribution in [1.29, 1.82) is 0 Å². The Labute approximate surface area is 213 Å². The fraction of sp³-hybridized carbons (Fsp3) is 0.154. The van der Waals surface area contributed by atoms with Crippen molar-refractivity contribution in [3.63, 3.8) is 0 Å². The molecule has 178 valence electrons. The molecule has 35 heavy (non-hydrogen) atoms. The number of aromatic nitrogens is 3. The minimum Gasteiger partial charge on any atom is -0.497 e. The van der Waals surface area contributed by atoms with E-state index in [1.165, 1.54) is 11.8 Å². The van der Waals surface area contributed by atoms with Crippen LogP contribution >= 0.6 is 23.4 Å². The molecular formula is C26H24ClN5O2S. The van der Waals surface area contributed by atoms with E-state index in [2.05, 4.69) is 20.7 Å². The maximum atomic E-state index is 12.5. The summed E-state index contributed by atoms with van der Waals surface area (Å²) >= 11 is 7.37. The van der Waals surface area contributed by atoms with Gasteiger partial charge < -0.3 is 4.74 Å². The number of rotatable bonds is 8. The van der Waals surface area contributed by atoms with Gasteiger partial charge in [-0.3, -0.25) is 9.36 Å². The molecule has 0 saturated carbocycles. The van der Waals surface area contributed by atoms with Crippen LogP contribution < -0.4 is 10.2 Å². The van der Waals surface area contributed by atoms with Crippen LogP contribution in [0.2, 0.25) is 5.02 Å². The average molecular weight is 506 g/mol. The molecule has 0 bridgehead atoms. The lowest BCUT2D eigenvalue weighted by molar-refractivity contribution is -0.118. The summed E-state index contributed by atoms with van der Waals surface area (Å²) in [6.45, 7) is 3.86. The Kier molecular flexibility index (Phi) is 7.84. The van der Waals surface area contributed by atoms with Crippen LogP contribution in [-0.2, 0) is 4.79 Å². The Morgan fingerprint density at radius 2 is 1.83 bits per heavy atom. The molecular weight excluding hydrogens is 482 g/mol. The van der Waals surface area contributed by atoms with Gasteiger partial charge >= 0.3 is 0 Å². The van der Waals surface area contributed by atoms with Crippen molar-refractivity contribution >= 4 is 35.0 Å². The Morgan fingerprint density at radius 3 is 2.54 bits per heavy atom. The third-order valence-corrected chi connectivity index (χ3v) is 6.38. The highest BCUT2D eigenvalue weighted by Gasteiger charge is 2.17. The monoisotopic (exact) mass is 505 g/mol. The number of hydrazone groups is 1. The van der Waals surface area contributed by atoms with Gasteiger partial charge in [-0.2, -0.15) is 5.10 Å². The van der Waals surface area contributed by atoms with Gasteiger partial charge in [0.15, 0.2) is 11.0 Å². The molecule has 0 aliphatic carbocycles. The molecule has 0 aliphatic rings. The first-order chi connectivity index (χ1) is 16.9. The van der Waals surface area contributed by atoms with E-state index in [9.17, 15) is 4.79 Å². The van der Waals surface area contributed by atoms with Crippen LogP contribution in [0.3, 0.4) is 0 Å². The molecule has 1 aromatic heterocycles. The lowest BCUT2D eigenvalue weighted by Gasteiger charge is -2.11. The number of hydrogen-bond acceptors (Lipinski definition) is 6. The average Bonchev–Trinajstić information content (AvgIpc) is 3.30. The van der Waals surface area contributed by atoms with Gasteiger partial charge in [0.25, 0.3) is 5.91 Å². The van der Waals surface area contributed by atoms with E-state index in [1.54, 1.807) is 7.11 Å². The molecule has 0 unspecified atom stereocenters. The van der Waals surface area contributed by atoms with Crippen LogP contribution in [0.5, 0.6) is 5.75 Å². The molecule has 4 rings (SSSR count). The van der Waals surface area contributed by atoms with Gasteiger partial charge in [0.05, 0.1) is 18.6 Å². The summed E-state index contributed by atoms with van der Waals surface area (Å²) < 4.78 is 7.16. The predicted molar refractivity (Wildman–Crippen MR) is 141 cm³/mol. The number of thioether (sulfide) groups is 1. The third-order valence-electron chi connectivity index (χ3n) is 5.20. The fourth-order valence-corrected chi connectivity index (χ4v) is 4.17. The SMILES string of the molecule is COc1cccc(/C(C)=N\NC(=O)CSc2nnc(-c3ccc(C)cc3)n2-c2ccc(Cl)cc2)c1. The van der Waals surface area contributed by atoms with Gasteiger partial charge in [-0.1, -0.05) is 65.3 Å². The van der Waals surface area contributed by atoms with Crippen molar-refractivity contribution in [2.24, 2.45) is 5.10 Å². The van der Waals surface area contributed by atoms with Gasteiger partial charge in [-0.25, -0.2) is 5.43 Å². The molecule has 9 heteroatoms. The van der Waals surface area contributed by atoms with E-state index in [0.717, 1.165) is 28.1 Å². The van der Waals surface area contributed by atoms with E-state index in [-0.39, 0.29) is 11.7 Å². The number of carbonyl (C=O) groups excluding carboxylic acids is 1. The van der Waals surface area contributed by atoms with Gasteiger partial charge in [-0.05, 0) is 50.2 Å². The minimum absolute atomic E-state index is 0.120. The molecule has 1 amide bonds. The highest BCUT2D eigenvalue weighted by Crippen LogP contribution is 2.28. The van der Waals surface area contributed by atoms with Crippen LogP contribution in [0.25, 0.3) is 17.1 Å². The maximum absolute atomic E-state index is 12.5. The van der Waals surface area contributed by atoms with Crippen molar-refractivity contribution in [3.05, 3.63) is 88.9 Å². The zero-order chi connectivity index (χ0) is 24.8. The standard InChI is InChI=1S/C26H24ClN5O2S/c1-17-7-9-19(10-8-17)25-30-31-26(32(25)22-13-11-21(27)12-14-22)35-16-24(33)29-28-18(2)20-5-4-6-23(15-20)34-3/h4-15H,16H2,1-3H3,(H,29,33)/b28-18-. The third kappa shape index (κ3) is 6.09. The van der Waals surface area contributed by atoms with E-state index in [1.807, 2.05) is 91.2 Å². The zero-order valence-electron chi connectivity index (χ0n) is 19.5. The van der Waals surface area contributed by atoms with Crippen molar-refractivity contribution in [2.45, 2.75) is 19.0 Å². The molecule has 0 aliphatic heterocycles. The highest BCUT2D eigenvalue weighted by molar-refractivity contribution is 7.99. The number of benzene rings is 3. The van der Waals surface area contributed by atoms with Crippen LogP contribution in [0, 0.1) is 6.92 Å². The first-order valence-electron chi connectivity index (χ1n) is 10.8. The first-order valence-corrected chi connectivity index (χ1v) is 12.2. The molecule has 7 nitrogen and oxygen atoms in total. The number of nitrogens with zero attached hydrogens (tertiary/aromatic N) is 4. The number of halogens is 1. The number of methoxy groups -OCH3 is 1. The summed E-state index contributed by atoms with van der Waals surface area (Å²) in [5.41, 5.74) is 7.08. The maximum Gasteiger partial charge on any atom is 0.250 e. The van der Waals surface area contributed by atoms with Crippen molar-refractivity contribution in [2.75, 3.05) is 12.9 Å². The zero-order valence-corrected chi connectivity index (χ0v) is 21.1. The summed E-state index contributed by atoms with van der Waals surface area (Å²) in [4.78, 5) is 12.5. The molecule has 0 fully saturated rings. The number of aryl methyl sites for hydroxylation is 1. The lowest BCUT2D eigenvalue weighted by atomic mass is 10.1.